The molecule has 96 valence electrons. The Morgan fingerprint density at radius 3 is 2.47 bits per heavy atom. The molecule has 0 aliphatic carbocycles. The first-order chi connectivity index (χ1) is 7.94. The summed E-state index contributed by atoms with van der Waals surface area (Å²) < 4.78 is 56.5. The average molecular weight is 253 g/mol. The molecular weight excluding hydrogens is 242 g/mol. The molecule has 0 atom stereocenters. The summed E-state index contributed by atoms with van der Waals surface area (Å²) in [6.45, 7) is -1.10. The maximum Gasteiger partial charge on any atom is 0.522 e. The first-order valence-electron chi connectivity index (χ1n) is 4.75. The van der Waals surface area contributed by atoms with Gasteiger partial charge in [-0.15, -0.1) is 13.2 Å². The number of rotatable bonds is 5. The summed E-state index contributed by atoms with van der Waals surface area (Å²) in [5, 5.41) is 0. The van der Waals surface area contributed by atoms with E-state index in [0.717, 1.165) is 0 Å². The van der Waals surface area contributed by atoms with Gasteiger partial charge in [0.05, 0.1) is 6.61 Å². The van der Waals surface area contributed by atoms with Crippen LogP contribution in [0.2, 0.25) is 0 Å². The second kappa shape index (κ2) is 5.83. The Balaban J connectivity index is 2.49. The lowest BCUT2D eigenvalue weighted by atomic mass is 10.2. The lowest BCUT2D eigenvalue weighted by molar-refractivity contribution is -0.325. The summed E-state index contributed by atoms with van der Waals surface area (Å²) in [6.07, 6.45) is -4.69. The van der Waals surface area contributed by atoms with Gasteiger partial charge in [-0.05, 0) is 12.1 Å². The van der Waals surface area contributed by atoms with Crippen molar-refractivity contribution in [2.24, 2.45) is 5.73 Å². The van der Waals surface area contributed by atoms with Gasteiger partial charge in [-0.1, -0.05) is 6.07 Å². The fraction of sp³-hybridized carbons (Fsp3) is 0.400. The van der Waals surface area contributed by atoms with Crippen molar-refractivity contribution >= 4 is 0 Å². The van der Waals surface area contributed by atoms with Gasteiger partial charge >= 0.3 is 6.36 Å². The largest absolute Gasteiger partial charge is 0.522 e. The zero-order valence-corrected chi connectivity index (χ0v) is 8.76. The number of halogens is 4. The van der Waals surface area contributed by atoms with E-state index in [4.69, 9.17) is 10.5 Å². The van der Waals surface area contributed by atoms with Crippen LogP contribution in [0.3, 0.4) is 0 Å². The maximum absolute atomic E-state index is 13.2. The molecule has 0 heterocycles. The SMILES string of the molecule is NCc1c(F)cccc1OCCOC(F)(F)F. The van der Waals surface area contributed by atoms with Crippen molar-refractivity contribution in [3.8, 4) is 5.75 Å². The second-order valence-electron chi connectivity index (χ2n) is 3.06. The van der Waals surface area contributed by atoms with E-state index in [-0.39, 0.29) is 24.5 Å². The lowest BCUT2D eigenvalue weighted by Gasteiger charge is -2.12. The number of ether oxygens (including phenoxy) is 2. The highest BCUT2D eigenvalue weighted by atomic mass is 19.4. The molecular formula is C10H11F4NO2. The third-order valence-corrected chi connectivity index (χ3v) is 1.89. The van der Waals surface area contributed by atoms with Gasteiger partial charge in [-0.2, -0.15) is 0 Å². The topological polar surface area (TPSA) is 44.5 Å². The van der Waals surface area contributed by atoms with E-state index in [9.17, 15) is 17.6 Å². The fourth-order valence-corrected chi connectivity index (χ4v) is 1.18. The molecule has 0 fully saturated rings. The van der Waals surface area contributed by atoms with E-state index in [1.807, 2.05) is 0 Å². The molecule has 0 unspecified atom stereocenters. The molecule has 1 rings (SSSR count). The van der Waals surface area contributed by atoms with Crippen molar-refractivity contribution in [2.45, 2.75) is 12.9 Å². The molecule has 0 aromatic heterocycles. The van der Waals surface area contributed by atoms with Crippen LogP contribution in [0.25, 0.3) is 0 Å². The standard InChI is InChI=1S/C10H11F4NO2/c11-8-2-1-3-9(7(8)6-15)16-4-5-17-10(12,13)14/h1-3H,4-6,15H2. The third kappa shape index (κ3) is 4.58. The molecule has 0 bridgehead atoms. The number of benzene rings is 1. The number of hydrogen-bond acceptors (Lipinski definition) is 3. The first-order valence-corrected chi connectivity index (χ1v) is 4.75. The summed E-state index contributed by atoms with van der Waals surface area (Å²) >= 11 is 0. The van der Waals surface area contributed by atoms with Crippen LogP contribution in [-0.2, 0) is 11.3 Å². The molecule has 0 spiro atoms. The number of hydrogen-bond donors (Lipinski definition) is 1. The van der Waals surface area contributed by atoms with Gasteiger partial charge in [0.2, 0.25) is 0 Å². The van der Waals surface area contributed by atoms with Crippen molar-refractivity contribution in [2.75, 3.05) is 13.2 Å². The van der Waals surface area contributed by atoms with E-state index in [1.54, 1.807) is 0 Å². The third-order valence-electron chi connectivity index (χ3n) is 1.89. The summed E-state index contributed by atoms with van der Waals surface area (Å²) in [7, 11) is 0. The Hall–Kier alpha value is -1.34. The van der Waals surface area contributed by atoms with Gasteiger partial charge < -0.3 is 10.5 Å². The van der Waals surface area contributed by atoms with Crippen molar-refractivity contribution in [3.63, 3.8) is 0 Å². The predicted molar refractivity (Wildman–Crippen MR) is 51.8 cm³/mol. The van der Waals surface area contributed by atoms with Gasteiger partial charge in [0.1, 0.15) is 18.2 Å². The normalized spacial score (nSPS) is 11.6. The Labute approximate surface area is 95.1 Å². The van der Waals surface area contributed by atoms with E-state index in [1.165, 1.54) is 18.2 Å². The van der Waals surface area contributed by atoms with Crippen LogP contribution in [-0.4, -0.2) is 19.6 Å². The molecule has 17 heavy (non-hydrogen) atoms. The summed E-state index contributed by atoms with van der Waals surface area (Å²) in [5.74, 6) is -0.431. The van der Waals surface area contributed by atoms with E-state index in [2.05, 4.69) is 4.74 Å². The smallest absolute Gasteiger partial charge is 0.491 e. The Morgan fingerprint density at radius 1 is 1.18 bits per heavy atom. The molecule has 0 saturated heterocycles. The van der Waals surface area contributed by atoms with Crippen LogP contribution < -0.4 is 10.5 Å². The van der Waals surface area contributed by atoms with Crippen molar-refractivity contribution in [1.29, 1.82) is 0 Å². The predicted octanol–water partition coefficient (Wildman–Crippen LogP) is 2.20. The van der Waals surface area contributed by atoms with Crippen LogP contribution in [0, 0.1) is 5.82 Å². The number of alkyl halides is 3. The van der Waals surface area contributed by atoms with Gasteiger partial charge in [0.25, 0.3) is 0 Å². The molecule has 7 heteroatoms. The Kier molecular flexibility index (Phi) is 4.71. The number of nitrogens with two attached hydrogens (primary N) is 1. The molecule has 0 amide bonds. The highest BCUT2D eigenvalue weighted by Crippen LogP contribution is 2.21. The molecule has 1 aromatic rings. The van der Waals surface area contributed by atoms with Crippen LogP contribution in [0.5, 0.6) is 5.75 Å². The van der Waals surface area contributed by atoms with Crippen LogP contribution in [0.4, 0.5) is 17.6 Å². The average Bonchev–Trinajstić information content (AvgIpc) is 2.23. The summed E-state index contributed by atoms with van der Waals surface area (Å²) in [6, 6.07) is 4.01. The second-order valence-corrected chi connectivity index (χ2v) is 3.06. The van der Waals surface area contributed by atoms with Crippen molar-refractivity contribution in [3.05, 3.63) is 29.6 Å². The van der Waals surface area contributed by atoms with Crippen LogP contribution >= 0.6 is 0 Å². The Morgan fingerprint density at radius 2 is 1.88 bits per heavy atom. The molecule has 2 N–H and O–H groups in total. The molecule has 3 nitrogen and oxygen atoms in total. The Bertz CT molecular complexity index is 368. The minimum Gasteiger partial charge on any atom is -0.491 e. The van der Waals surface area contributed by atoms with Crippen LogP contribution in [0.1, 0.15) is 5.56 Å². The van der Waals surface area contributed by atoms with Crippen LogP contribution in [0.15, 0.2) is 18.2 Å². The molecule has 1 aromatic carbocycles. The van der Waals surface area contributed by atoms with Crippen molar-refractivity contribution < 1.29 is 27.0 Å². The minimum atomic E-state index is -4.69. The first kappa shape index (κ1) is 13.7. The molecule has 0 saturated carbocycles. The van der Waals surface area contributed by atoms with Gasteiger partial charge in [0, 0.05) is 12.1 Å². The highest BCUT2D eigenvalue weighted by Gasteiger charge is 2.28. The van der Waals surface area contributed by atoms with Gasteiger partial charge in [0.15, 0.2) is 0 Å². The monoisotopic (exact) mass is 253 g/mol. The van der Waals surface area contributed by atoms with Gasteiger partial charge in [-0.3, -0.25) is 4.74 Å². The van der Waals surface area contributed by atoms with E-state index >= 15 is 0 Å². The summed E-state index contributed by atoms with van der Waals surface area (Å²) in [5.41, 5.74) is 5.42. The zero-order valence-electron chi connectivity index (χ0n) is 8.76. The quantitative estimate of drug-likeness (QED) is 0.646. The fourth-order valence-electron chi connectivity index (χ4n) is 1.18. The zero-order chi connectivity index (χ0) is 12.9. The van der Waals surface area contributed by atoms with E-state index < -0.39 is 18.8 Å². The molecule has 0 aliphatic rings. The molecule has 0 aliphatic heterocycles. The lowest BCUT2D eigenvalue weighted by Crippen LogP contribution is -2.18. The highest BCUT2D eigenvalue weighted by molar-refractivity contribution is 5.34. The van der Waals surface area contributed by atoms with Crippen molar-refractivity contribution in [1.82, 2.24) is 0 Å². The maximum atomic E-state index is 13.2. The minimum absolute atomic E-state index is 0.0951. The van der Waals surface area contributed by atoms with Gasteiger partial charge in [-0.25, -0.2) is 4.39 Å². The van der Waals surface area contributed by atoms with E-state index in [0.29, 0.717) is 0 Å². The molecule has 0 radical (unpaired) electrons. The summed E-state index contributed by atoms with van der Waals surface area (Å²) in [4.78, 5) is 0.